The molecule has 4 nitrogen and oxygen atoms in total. The van der Waals surface area contributed by atoms with Crippen LogP contribution in [0.25, 0.3) is 10.9 Å². The molecule has 6 rings (SSSR count). The highest BCUT2D eigenvalue weighted by atomic mass is 28.4. The largest absolute Gasteiger partial charge is 0.401 e. The molecule has 0 bridgehead atoms. The Balaban J connectivity index is 1.30. The molecular formula is C35H41FN2O2Si. The molecule has 6 heteroatoms. The SMILES string of the molecule is CC(C)(C)[Si](O[C@@H]1[C@@H](CCc2ccc3ccc(N4CCC4)nc3c2)C[C@H](O)[C@@H]1F)(c1ccccc1)c1ccccc1. The van der Waals surface area contributed by atoms with Gasteiger partial charge >= 0.3 is 0 Å². The molecule has 1 aromatic heterocycles. The molecule has 1 saturated carbocycles. The van der Waals surface area contributed by atoms with Crippen molar-refractivity contribution in [1.82, 2.24) is 4.98 Å². The van der Waals surface area contributed by atoms with Gasteiger partial charge in [-0.1, -0.05) is 93.6 Å². The molecule has 1 saturated heterocycles. The van der Waals surface area contributed by atoms with Gasteiger partial charge in [-0.2, -0.15) is 0 Å². The standard InChI is InChI=1S/C35H41FN2O2Si/c1-35(2,3)41(28-11-6-4-7-12-28,29-13-8-5-9-14-29)40-34-27(24-31(39)33(34)36)18-16-25-15-17-26-19-20-32(37-30(26)23-25)38-21-10-22-38/h4-9,11-15,17,19-20,23,27,31,33-34,39H,10,16,18,21-22,24H2,1-3H3/t27-,31-,33-,34+/m0/s1. The summed E-state index contributed by atoms with van der Waals surface area (Å²) in [5.74, 6) is 0.955. The van der Waals surface area contributed by atoms with Gasteiger partial charge in [-0.15, -0.1) is 0 Å². The van der Waals surface area contributed by atoms with E-state index in [4.69, 9.17) is 9.41 Å². The lowest BCUT2D eigenvalue weighted by Crippen LogP contribution is -2.68. The number of fused-ring (bicyclic) bond motifs is 1. The lowest BCUT2D eigenvalue weighted by atomic mass is 9.96. The Kier molecular flexibility index (Phi) is 7.75. The van der Waals surface area contributed by atoms with Crippen molar-refractivity contribution in [2.45, 2.75) is 69.9 Å². The molecule has 2 aliphatic rings. The molecule has 0 amide bonds. The number of aliphatic hydroxyl groups excluding tert-OH is 1. The van der Waals surface area contributed by atoms with Gasteiger partial charge in [0.15, 0.2) is 6.17 Å². The minimum Gasteiger partial charge on any atom is -0.401 e. The molecule has 2 heterocycles. The first kappa shape index (κ1) is 28.1. The Hall–Kier alpha value is -3.06. The molecule has 0 unspecified atom stereocenters. The Bertz CT molecular complexity index is 1430. The van der Waals surface area contributed by atoms with Crippen LogP contribution in [0.15, 0.2) is 91.0 Å². The van der Waals surface area contributed by atoms with Gasteiger partial charge in [0.1, 0.15) is 5.82 Å². The van der Waals surface area contributed by atoms with E-state index in [0.29, 0.717) is 6.42 Å². The number of nitrogens with zero attached hydrogens (tertiary/aromatic N) is 2. The second kappa shape index (κ2) is 11.3. The third-order valence-corrected chi connectivity index (χ3v) is 14.2. The van der Waals surface area contributed by atoms with E-state index in [9.17, 15) is 5.11 Å². The van der Waals surface area contributed by atoms with Crippen molar-refractivity contribution < 1.29 is 13.9 Å². The minimum atomic E-state index is -2.95. The number of halogens is 1. The maximum Gasteiger partial charge on any atom is 0.261 e. The first-order valence-corrected chi connectivity index (χ1v) is 16.9. The zero-order chi connectivity index (χ0) is 28.6. The van der Waals surface area contributed by atoms with Gasteiger partial charge in [-0.25, -0.2) is 9.37 Å². The quantitative estimate of drug-likeness (QED) is 0.263. The van der Waals surface area contributed by atoms with Gasteiger partial charge < -0.3 is 14.4 Å². The zero-order valence-electron chi connectivity index (χ0n) is 24.3. The van der Waals surface area contributed by atoms with E-state index in [2.05, 4.69) is 80.3 Å². The molecule has 41 heavy (non-hydrogen) atoms. The van der Waals surface area contributed by atoms with Crippen molar-refractivity contribution in [3.8, 4) is 0 Å². The number of alkyl halides is 1. The molecule has 4 atom stereocenters. The number of aliphatic hydroxyl groups is 1. The maximum absolute atomic E-state index is 15.9. The van der Waals surface area contributed by atoms with Gasteiger partial charge in [0.25, 0.3) is 8.32 Å². The van der Waals surface area contributed by atoms with E-state index in [-0.39, 0.29) is 11.0 Å². The fourth-order valence-corrected chi connectivity index (χ4v) is 11.5. The van der Waals surface area contributed by atoms with Crippen LogP contribution in [0, 0.1) is 5.92 Å². The Labute approximate surface area is 244 Å². The average molecular weight is 569 g/mol. The van der Waals surface area contributed by atoms with Gasteiger partial charge in [0.05, 0.1) is 17.7 Å². The number of hydrogen-bond acceptors (Lipinski definition) is 4. The highest BCUT2D eigenvalue weighted by molar-refractivity contribution is 6.99. The van der Waals surface area contributed by atoms with Crippen molar-refractivity contribution in [2.24, 2.45) is 5.92 Å². The first-order chi connectivity index (χ1) is 19.8. The van der Waals surface area contributed by atoms with Crippen molar-refractivity contribution in [3.05, 3.63) is 96.6 Å². The summed E-state index contributed by atoms with van der Waals surface area (Å²) < 4.78 is 23.1. The summed E-state index contributed by atoms with van der Waals surface area (Å²) in [7, 11) is -2.95. The third kappa shape index (κ3) is 5.33. The summed E-state index contributed by atoms with van der Waals surface area (Å²) >= 11 is 0. The summed E-state index contributed by atoms with van der Waals surface area (Å²) in [6.45, 7) is 8.77. The predicted molar refractivity (Wildman–Crippen MR) is 168 cm³/mol. The molecule has 3 aromatic carbocycles. The third-order valence-electron chi connectivity index (χ3n) is 9.15. The number of aromatic nitrogens is 1. The van der Waals surface area contributed by atoms with Crippen LogP contribution in [0.1, 0.15) is 45.6 Å². The highest BCUT2D eigenvalue weighted by Gasteiger charge is 2.55. The highest BCUT2D eigenvalue weighted by Crippen LogP contribution is 2.43. The number of hydrogen-bond donors (Lipinski definition) is 1. The molecule has 1 aliphatic carbocycles. The number of anilines is 1. The summed E-state index contributed by atoms with van der Waals surface area (Å²) in [5.41, 5.74) is 2.19. The monoisotopic (exact) mass is 568 g/mol. The van der Waals surface area contributed by atoms with Crippen LogP contribution >= 0.6 is 0 Å². The molecule has 1 N–H and O–H groups in total. The smallest absolute Gasteiger partial charge is 0.261 e. The molecule has 1 aliphatic heterocycles. The number of benzene rings is 3. The molecule has 0 spiro atoms. The topological polar surface area (TPSA) is 45.6 Å². The summed E-state index contributed by atoms with van der Waals surface area (Å²) in [4.78, 5) is 7.23. The van der Waals surface area contributed by atoms with Gasteiger partial charge in [-0.05, 0) is 70.8 Å². The Morgan fingerprint density at radius 1 is 0.927 bits per heavy atom. The van der Waals surface area contributed by atoms with Gasteiger partial charge in [-0.3, -0.25) is 0 Å². The van der Waals surface area contributed by atoms with Gasteiger partial charge in [0, 0.05) is 18.5 Å². The lowest BCUT2D eigenvalue weighted by Gasteiger charge is -2.46. The molecule has 214 valence electrons. The van der Waals surface area contributed by atoms with Crippen LogP contribution < -0.4 is 15.3 Å². The van der Waals surface area contributed by atoms with Crippen LogP contribution in [0.4, 0.5) is 10.2 Å². The molecular weight excluding hydrogens is 527 g/mol. The first-order valence-electron chi connectivity index (χ1n) is 15.0. The molecule has 4 aromatic rings. The van der Waals surface area contributed by atoms with Crippen molar-refractivity contribution in [1.29, 1.82) is 0 Å². The van der Waals surface area contributed by atoms with E-state index >= 15 is 4.39 Å². The van der Waals surface area contributed by atoms with Crippen molar-refractivity contribution >= 4 is 35.4 Å². The average Bonchev–Trinajstić information content (AvgIpc) is 3.21. The van der Waals surface area contributed by atoms with Crippen molar-refractivity contribution in [3.63, 3.8) is 0 Å². The number of pyridine rings is 1. The van der Waals surface area contributed by atoms with Crippen LogP contribution in [-0.2, 0) is 10.8 Å². The summed E-state index contributed by atoms with van der Waals surface area (Å²) in [6, 6.07) is 31.5. The van der Waals surface area contributed by atoms with E-state index in [1.807, 2.05) is 36.4 Å². The van der Waals surface area contributed by atoms with Crippen molar-refractivity contribution in [2.75, 3.05) is 18.0 Å². The second-order valence-electron chi connectivity index (χ2n) is 12.8. The predicted octanol–water partition coefficient (Wildman–Crippen LogP) is 6.04. The molecule has 2 fully saturated rings. The molecule has 0 radical (unpaired) electrons. The zero-order valence-corrected chi connectivity index (χ0v) is 25.3. The maximum atomic E-state index is 15.9. The van der Waals surface area contributed by atoms with E-state index in [1.165, 1.54) is 12.0 Å². The van der Waals surface area contributed by atoms with Crippen LogP contribution in [0.3, 0.4) is 0 Å². The minimum absolute atomic E-state index is 0.0854. The second-order valence-corrected chi connectivity index (χ2v) is 17.1. The van der Waals surface area contributed by atoms with Crippen LogP contribution in [0.5, 0.6) is 0 Å². The van der Waals surface area contributed by atoms with Crippen LogP contribution in [0.2, 0.25) is 5.04 Å². The van der Waals surface area contributed by atoms with Gasteiger partial charge in [0.2, 0.25) is 0 Å². The Morgan fingerprint density at radius 2 is 1.56 bits per heavy atom. The normalized spacial score (nSPS) is 23.1. The van der Waals surface area contributed by atoms with E-state index in [1.54, 1.807) is 0 Å². The van der Waals surface area contributed by atoms with E-state index < -0.39 is 26.7 Å². The van der Waals surface area contributed by atoms with E-state index in [0.717, 1.165) is 53.0 Å². The fraction of sp³-hybridized carbons (Fsp3) is 0.400. The summed E-state index contributed by atoms with van der Waals surface area (Å²) in [6.07, 6.45) is 0.0651. The van der Waals surface area contributed by atoms with Crippen LogP contribution in [-0.4, -0.2) is 49.9 Å². The summed E-state index contributed by atoms with van der Waals surface area (Å²) in [5, 5.41) is 13.9. The Morgan fingerprint density at radius 3 is 2.15 bits per heavy atom. The number of rotatable bonds is 8. The fourth-order valence-electron chi connectivity index (χ4n) is 6.77. The number of aryl methyl sites for hydroxylation is 1. The lowest BCUT2D eigenvalue weighted by molar-refractivity contribution is 0.0354.